The van der Waals surface area contributed by atoms with Crippen LogP contribution in [0.5, 0.6) is 0 Å². The second-order valence-electron chi connectivity index (χ2n) is 8.78. The van der Waals surface area contributed by atoms with E-state index in [0.717, 1.165) is 11.3 Å². The molecule has 1 aromatic carbocycles. The van der Waals surface area contributed by atoms with Crippen molar-refractivity contribution in [2.75, 3.05) is 4.72 Å². The van der Waals surface area contributed by atoms with E-state index >= 15 is 0 Å². The molecule has 0 atom stereocenters. The van der Waals surface area contributed by atoms with Crippen LogP contribution in [0, 0.1) is 6.92 Å². The molecule has 2 saturated carbocycles. The van der Waals surface area contributed by atoms with E-state index in [1.54, 1.807) is 12.3 Å². The van der Waals surface area contributed by atoms with Crippen molar-refractivity contribution in [3.05, 3.63) is 58.0 Å². The van der Waals surface area contributed by atoms with E-state index in [0.29, 0.717) is 54.3 Å². The second kappa shape index (κ2) is 7.98. The van der Waals surface area contributed by atoms with E-state index in [-0.39, 0.29) is 16.4 Å². The van der Waals surface area contributed by atoms with Crippen molar-refractivity contribution < 1.29 is 26.4 Å². The Bertz CT molecular complexity index is 1440. The molecule has 35 heavy (non-hydrogen) atoms. The number of nitrogens with one attached hydrogen (secondary N) is 1. The molecule has 2 heterocycles. The van der Waals surface area contributed by atoms with Gasteiger partial charge in [-0.3, -0.25) is 14.5 Å². The van der Waals surface area contributed by atoms with Crippen molar-refractivity contribution in [2.45, 2.75) is 49.4 Å². The molecule has 2 aliphatic carbocycles. The number of halogens is 3. The number of thiazole rings is 1. The average molecular weight is 524 g/mol. The summed E-state index contributed by atoms with van der Waals surface area (Å²) >= 11 is 1.14. The molecule has 0 bridgehead atoms. The molecule has 0 spiro atoms. The molecule has 184 valence electrons. The van der Waals surface area contributed by atoms with Gasteiger partial charge in [0, 0.05) is 21.9 Å². The number of nitrogens with zero attached hydrogens (tertiary/aromatic N) is 3. The van der Waals surface area contributed by atoms with Gasteiger partial charge in [-0.1, -0.05) is 6.07 Å². The first-order chi connectivity index (χ1) is 16.4. The summed E-state index contributed by atoms with van der Waals surface area (Å²) in [6, 6.07) is 2.99. The van der Waals surface area contributed by atoms with E-state index in [1.165, 1.54) is 18.3 Å². The summed E-state index contributed by atoms with van der Waals surface area (Å²) in [6.45, 7) is 1.68. The maximum Gasteiger partial charge on any atom is 0.434 e. The monoisotopic (exact) mass is 523 g/mol. The van der Waals surface area contributed by atoms with Gasteiger partial charge in [-0.2, -0.15) is 13.2 Å². The van der Waals surface area contributed by atoms with Crippen LogP contribution in [0.15, 0.2) is 29.9 Å². The molecule has 1 amide bonds. The number of rotatable bonds is 7. The van der Waals surface area contributed by atoms with Crippen LogP contribution < -0.4 is 10.5 Å². The lowest BCUT2D eigenvalue weighted by Gasteiger charge is -2.22. The van der Waals surface area contributed by atoms with Crippen molar-refractivity contribution in [3.63, 3.8) is 0 Å². The summed E-state index contributed by atoms with van der Waals surface area (Å²) in [4.78, 5) is 24.1. The van der Waals surface area contributed by atoms with Gasteiger partial charge in [-0.15, -0.1) is 11.3 Å². The van der Waals surface area contributed by atoms with Gasteiger partial charge in [0.05, 0.1) is 29.0 Å². The van der Waals surface area contributed by atoms with E-state index in [9.17, 15) is 26.4 Å². The van der Waals surface area contributed by atoms with Crippen LogP contribution in [0.25, 0.3) is 11.3 Å². The Hall–Kier alpha value is -3.06. The molecule has 3 N–H and O–H groups in total. The van der Waals surface area contributed by atoms with Crippen molar-refractivity contribution >= 4 is 32.4 Å². The number of amides is 1. The van der Waals surface area contributed by atoms with Crippen LogP contribution in [-0.4, -0.2) is 34.5 Å². The number of benzene rings is 1. The minimum Gasteiger partial charge on any atom is -0.366 e. The van der Waals surface area contributed by atoms with Crippen molar-refractivity contribution in [2.24, 2.45) is 5.73 Å². The Balaban J connectivity index is 1.63. The molecule has 13 heteroatoms. The molecule has 0 unspecified atom stereocenters. The van der Waals surface area contributed by atoms with Gasteiger partial charge in [0.15, 0.2) is 10.8 Å². The lowest BCUT2D eigenvalue weighted by molar-refractivity contribution is -0.141. The third-order valence-corrected chi connectivity index (χ3v) is 9.06. The predicted molar refractivity (Wildman–Crippen MR) is 123 cm³/mol. The Kier molecular flexibility index (Phi) is 5.40. The number of aromatic nitrogens is 3. The molecule has 8 nitrogen and oxygen atoms in total. The number of anilines is 1. The fourth-order valence-corrected chi connectivity index (χ4v) is 6.73. The summed E-state index contributed by atoms with van der Waals surface area (Å²) in [6.07, 6.45) is -0.355. The van der Waals surface area contributed by atoms with Crippen molar-refractivity contribution in [3.8, 4) is 11.3 Å². The van der Waals surface area contributed by atoms with Crippen molar-refractivity contribution in [1.29, 1.82) is 0 Å². The first-order valence-corrected chi connectivity index (χ1v) is 13.2. The van der Waals surface area contributed by atoms with Crippen LogP contribution in [0.3, 0.4) is 0 Å². The number of sulfonamides is 1. The fraction of sp³-hybridized carbons (Fsp3) is 0.364. The lowest BCUT2D eigenvalue weighted by Crippen LogP contribution is -2.20. The normalized spacial score (nSPS) is 17.3. The first-order valence-electron chi connectivity index (χ1n) is 10.7. The number of hydrogen-bond acceptors (Lipinski definition) is 7. The minimum atomic E-state index is -4.68. The lowest BCUT2D eigenvalue weighted by atomic mass is 9.82. The Morgan fingerprint density at radius 2 is 1.91 bits per heavy atom. The molecule has 3 aromatic rings. The maximum absolute atomic E-state index is 13.3. The maximum atomic E-state index is 13.3. The van der Waals surface area contributed by atoms with E-state index in [1.807, 2.05) is 0 Å². The van der Waals surface area contributed by atoms with E-state index in [2.05, 4.69) is 19.7 Å². The summed E-state index contributed by atoms with van der Waals surface area (Å²) in [5.41, 5.74) is 6.00. The number of primary amides is 1. The molecule has 2 fully saturated rings. The third kappa shape index (κ3) is 4.27. The zero-order valence-corrected chi connectivity index (χ0v) is 20.0. The van der Waals surface area contributed by atoms with Gasteiger partial charge in [0.1, 0.15) is 0 Å². The van der Waals surface area contributed by atoms with Crippen LogP contribution in [0.4, 0.5) is 18.3 Å². The minimum absolute atomic E-state index is 0.00473. The Labute approximate surface area is 202 Å². The summed E-state index contributed by atoms with van der Waals surface area (Å²) < 4.78 is 67.1. The summed E-state index contributed by atoms with van der Waals surface area (Å²) in [5, 5.41) is 1.54. The highest BCUT2D eigenvalue weighted by Crippen LogP contribution is 2.57. The van der Waals surface area contributed by atoms with Gasteiger partial charge in [-0.05, 0) is 49.8 Å². The number of hydrogen-bond donors (Lipinski definition) is 2. The molecular weight excluding hydrogens is 503 g/mol. The number of carbonyl (C=O) groups excluding carboxylic acids is 1. The van der Waals surface area contributed by atoms with Gasteiger partial charge >= 0.3 is 6.18 Å². The van der Waals surface area contributed by atoms with Crippen LogP contribution in [0.1, 0.15) is 58.6 Å². The predicted octanol–water partition coefficient (Wildman–Crippen LogP) is 4.01. The topological polar surface area (TPSA) is 128 Å². The second-order valence-corrected chi connectivity index (χ2v) is 11.6. The molecule has 2 aromatic heterocycles. The average Bonchev–Trinajstić information content (AvgIpc) is 3.71. The Morgan fingerprint density at radius 1 is 1.20 bits per heavy atom. The highest BCUT2D eigenvalue weighted by Gasteiger charge is 2.51. The summed E-state index contributed by atoms with van der Waals surface area (Å²) in [5.74, 6) is -0.669. The van der Waals surface area contributed by atoms with Gasteiger partial charge in [0.25, 0.3) is 0 Å². The quantitative estimate of drug-likeness (QED) is 0.482. The third-order valence-electron chi connectivity index (χ3n) is 6.35. The molecule has 0 saturated heterocycles. The largest absolute Gasteiger partial charge is 0.434 e. The van der Waals surface area contributed by atoms with E-state index in [4.69, 9.17) is 5.73 Å². The zero-order chi connectivity index (χ0) is 25.2. The highest BCUT2D eigenvalue weighted by atomic mass is 32.2. The van der Waals surface area contributed by atoms with E-state index < -0.39 is 38.5 Å². The Morgan fingerprint density at radius 3 is 2.51 bits per heavy atom. The van der Waals surface area contributed by atoms with Gasteiger partial charge in [0.2, 0.25) is 15.9 Å². The van der Waals surface area contributed by atoms with Crippen LogP contribution in [-0.2, 0) is 21.6 Å². The highest BCUT2D eigenvalue weighted by molar-refractivity contribution is 7.93. The zero-order valence-electron chi connectivity index (χ0n) is 18.4. The number of alkyl halides is 3. The molecule has 0 radical (unpaired) electrons. The van der Waals surface area contributed by atoms with Crippen LogP contribution >= 0.6 is 11.3 Å². The molecule has 2 aliphatic rings. The van der Waals surface area contributed by atoms with Crippen LogP contribution in [0.2, 0.25) is 0 Å². The van der Waals surface area contributed by atoms with Crippen molar-refractivity contribution in [1.82, 2.24) is 15.0 Å². The summed E-state index contributed by atoms with van der Waals surface area (Å²) in [7, 11) is -3.50. The van der Waals surface area contributed by atoms with Gasteiger partial charge < -0.3 is 5.73 Å². The van der Waals surface area contributed by atoms with Gasteiger partial charge in [-0.25, -0.2) is 18.4 Å². The fourth-order valence-electron chi connectivity index (χ4n) is 4.32. The number of nitrogens with two attached hydrogens (primary N) is 1. The number of carbonyl (C=O) groups is 1. The standard InChI is InChI=1S/C22H20F3N5O3S2/c1-11-13(19(26)31)4-5-14(15-8-27-9-16(28-15)22(23,24)25)18(11)21(6-7-21)17-10-34-20(29-17)30-35(32,33)12-2-3-12/h4-5,8-10,12H,2-3,6-7H2,1H3,(H2,26,31)(H,29,30). The molecule has 5 rings (SSSR count). The smallest absolute Gasteiger partial charge is 0.366 e. The SMILES string of the molecule is Cc1c(C(N)=O)ccc(-c2cncc(C(F)(F)F)n2)c1C1(c2csc(NS(=O)(=O)C3CC3)n2)CC1. The molecular formula is C22H20F3N5O3S2. The first kappa shape index (κ1) is 23.7. The molecule has 0 aliphatic heterocycles.